The molecule has 0 amide bonds. The lowest BCUT2D eigenvalue weighted by Crippen LogP contribution is -2.00. The lowest BCUT2D eigenvalue weighted by Gasteiger charge is -2.04. The first-order valence-corrected chi connectivity index (χ1v) is 3.81. The number of phenols is 2. The standard InChI is InChI=1S/C8H7ClO4/c9-7-4(3-6(11)12)1-2-5(10)8(7)13/h1-2,10,13H,3H2,(H,11,12). The van der Waals surface area contributed by atoms with Crippen LogP contribution in [0, 0.1) is 0 Å². The third-order valence-corrected chi connectivity index (χ3v) is 1.94. The van der Waals surface area contributed by atoms with Gasteiger partial charge in [0.1, 0.15) is 0 Å². The molecular formula is C8H7ClO4. The Morgan fingerprint density at radius 3 is 2.54 bits per heavy atom. The molecule has 0 fully saturated rings. The zero-order chi connectivity index (χ0) is 10.0. The van der Waals surface area contributed by atoms with E-state index < -0.39 is 11.7 Å². The highest BCUT2D eigenvalue weighted by Crippen LogP contribution is 2.35. The summed E-state index contributed by atoms with van der Waals surface area (Å²) < 4.78 is 0. The van der Waals surface area contributed by atoms with Crippen molar-refractivity contribution in [3.8, 4) is 11.5 Å². The summed E-state index contributed by atoms with van der Waals surface area (Å²) in [5.74, 6) is -1.90. The van der Waals surface area contributed by atoms with Crippen LogP contribution in [0.25, 0.3) is 0 Å². The summed E-state index contributed by atoms with van der Waals surface area (Å²) >= 11 is 5.57. The van der Waals surface area contributed by atoms with Crippen LogP contribution in [0.1, 0.15) is 5.56 Å². The van der Waals surface area contributed by atoms with E-state index in [2.05, 4.69) is 0 Å². The molecule has 0 spiro atoms. The van der Waals surface area contributed by atoms with Gasteiger partial charge in [0.15, 0.2) is 11.5 Å². The van der Waals surface area contributed by atoms with Crippen molar-refractivity contribution in [3.05, 3.63) is 22.7 Å². The van der Waals surface area contributed by atoms with Crippen LogP contribution >= 0.6 is 11.6 Å². The summed E-state index contributed by atoms with van der Waals surface area (Å²) in [4.78, 5) is 10.3. The highest BCUT2D eigenvalue weighted by atomic mass is 35.5. The molecule has 1 aromatic rings. The Bertz CT molecular complexity index is 348. The summed E-state index contributed by atoms with van der Waals surface area (Å²) in [5, 5.41) is 26.4. The van der Waals surface area contributed by atoms with E-state index in [-0.39, 0.29) is 22.8 Å². The zero-order valence-electron chi connectivity index (χ0n) is 6.49. The lowest BCUT2D eigenvalue weighted by atomic mass is 10.1. The molecule has 0 radical (unpaired) electrons. The normalized spacial score (nSPS) is 9.92. The Morgan fingerprint density at radius 1 is 1.38 bits per heavy atom. The second-order valence-electron chi connectivity index (χ2n) is 2.48. The number of carboxylic acid groups (broad SMARTS) is 1. The minimum Gasteiger partial charge on any atom is -0.504 e. The third-order valence-electron chi connectivity index (χ3n) is 1.52. The first-order valence-electron chi connectivity index (χ1n) is 3.43. The SMILES string of the molecule is O=C(O)Cc1ccc(O)c(O)c1Cl. The summed E-state index contributed by atoms with van der Waals surface area (Å²) in [6.07, 6.45) is -0.285. The van der Waals surface area contributed by atoms with Crippen LogP contribution in [-0.2, 0) is 11.2 Å². The summed E-state index contributed by atoms with van der Waals surface area (Å²) in [7, 11) is 0. The minimum absolute atomic E-state index is 0.123. The maximum Gasteiger partial charge on any atom is 0.307 e. The monoisotopic (exact) mass is 202 g/mol. The third kappa shape index (κ3) is 2.03. The first kappa shape index (κ1) is 9.67. The molecule has 0 heterocycles. The number of hydrogen-bond donors (Lipinski definition) is 3. The molecular weight excluding hydrogens is 196 g/mol. The van der Waals surface area contributed by atoms with E-state index in [1.807, 2.05) is 0 Å². The van der Waals surface area contributed by atoms with Gasteiger partial charge in [-0.15, -0.1) is 0 Å². The number of aromatic hydroxyl groups is 2. The second-order valence-corrected chi connectivity index (χ2v) is 2.85. The van der Waals surface area contributed by atoms with E-state index in [9.17, 15) is 4.79 Å². The lowest BCUT2D eigenvalue weighted by molar-refractivity contribution is -0.136. The topological polar surface area (TPSA) is 77.8 Å². The molecule has 3 N–H and O–H groups in total. The molecule has 0 aliphatic rings. The molecule has 0 unspecified atom stereocenters. The molecule has 1 rings (SSSR count). The molecule has 0 atom stereocenters. The van der Waals surface area contributed by atoms with E-state index in [1.165, 1.54) is 12.1 Å². The number of rotatable bonds is 2. The van der Waals surface area contributed by atoms with Gasteiger partial charge < -0.3 is 15.3 Å². The smallest absolute Gasteiger partial charge is 0.307 e. The number of carboxylic acids is 1. The average molecular weight is 203 g/mol. The van der Waals surface area contributed by atoms with Crippen LogP contribution < -0.4 is 0 Å². The van der Waals surface area contributed by atoms with Gasteiger partial charge in [0, 0.05) is 0 Å². The van der Waals surface area contributed by atoms with Crippen molar-refractivity contribution in [1.29, 1.82) is 0 Å². The van der Waals surface area contributed by atoms with E-state index >= 15 is 0 Å². The fraction of sp³-hybridized carbons (Fsp3) is 0.125. The molecule has 13 heavy (non-hydrogen) atoms. The van der Waals surface area contributed by atoms with Gasteiger partial charge in [-0.1, -0.05) is 17.7 Å². The quantitative estimate of drug-likeness (QED) is 0.633. The van der Waals surface area contributed by atoms with E-state index in [0.29, 0.717) is 0 Å². The highest BCUT2D eigenvalue weighted by molar-refractivity contribution is 6.33. The van der Waals surface area contributed by atoms with Crippen molar-refractivity contribution in [2.24, 2.45) is 0 Å². The number of halogens is 1. The fourth-order valence-corrected chi connectivity index (χ4v) is 1.12. The summed E-state index contributed by atoms with van der Waals surface area (Å²) in [6.45, 7) is 0. The van der Waals surface area contributed by atoms with Gasteiger partial charge in [-0.25, -0.2) is 0 Å². The van der Waals surface area contributed by atoms with E-state index in [0.717, 1.165) is 0 Å². The summed E-state index contributed by atoms with van der Waals surface area (Å²) in [6, 6.07) is 2.55. The number of carbonyl (C=O) groups is 1. The van der Waals surface area contributed by atoms with Crippen LogP contribution in [0.5, 0.6) is 11.5 Å². The molecule has 1 aromatic carbocycles. The van der Waals surface area contributed by atoms with Crippen LogP contribution in [0.4, 0.5) is 0 Å². The second kappa shape index (κ2) is 3.53. The van der Waals surface area contributed by atoms with Crippen LogP contribution in [0.2, 0.25) is 5.02 Å². The van der Waals surface area contributed by atoms with Gasteiger partial charge in [0.2, 0.25) is 0 Å². The Balaban J connectivity index is 3.10. The number of benzene rings is 1. The first-order chi connectivity index (χ1) is 6.02. The van der Waals surface area contributed by atoms with Gasteiger partial charge in [-0.2, -0.15) is 0 Å². The fourth-order valence-electron chi connectivity index (χ4n) is 0.896. The van der Waals surface area contributed by atoms with Crippen molar-refractivity contribution in [3.63, 3.8) is 0 Å². The predicted molar refractivity (Wildman–Crippen MR) is 46.1 cm³/mol. The Kier molecular flexibility index (Phi) is 2.63. The Labute approximate surface area is 79.0 Å². The summed E-state index contributed by atoms with van der Waals surface area (Å²) in [5.41, 5.74) is 0.268. The van der Waals surface area contributed by atoms with Gasteiger partial charge >= 0.3 is 5.97 Å². The maximum absolute atomic E-state index is 10.3. The highest BCUT2D eigenvalue weighted by Gasteiger charge is 2.11. The van der Waals surface area contributed by atoms with Crippen molar-refractivity contribution in [1.82, 2.24) is 0 Å². The largest absolute Gasteiger partial charge is 0.504 e. The molecule has 0 aromatic heterocycles. The van der Waals surface area contributed by atoms with E-state index in [4.69, 9.17) is 26.9 Å². The number of hydrogen-bond acceptors (Lipinski definition) is 3. The molecule has 0 aliphatic carbocycles. The predicted octanol–water partition coefficient (Wildman–Crippen LogP) is 1.38. The van der Waals surface area contributed by atoms with Gasteiger partial charge in [-0.3, -0.25) is 4.79 Å². The maximum atomic E-state index is 10.3. The molecule has 0 saturated heterocycles. The number of phenolic OH excluding ortho intramolecular Hbond substituents is 2. The van der Waals surface area contributed by atoms with Gasteiger partial charge in [0.25, 0.3) is 0 Å². The molecule has 0 aliphatic heterocycles. The molecule has 70 valence electrons. The zero-order valence-corrected chi connectivity index (χ0v) is 7.25. The van der Waals surface area contributed by atoms with Crippen LogP contribution in [0.3, 0.4) is 0 Å². The van der Waals surface area contributed by atoms with Gasteiger partial charge in [-0.05, 0) is 11.6 Å². The molecule has 0 saturated carbocycles. The van der Waals surface area contributed by atoms with Crippen molar-refractivity contribution < 1.29 is 20.1 Å². The van der Waals surface area contributed by atoms with Crippen LogP contribution in [0.15, 0.2) is 12.1 Å². The van der Waals surface area contributed by atoms with Crippen molar-refractivity contribution in [2.75, 3.05) is 0 Å². The average Bonchev–Trinajstić information content (AvgIpc) is 2.06. The van der Waals surface area contributed by atoms with Crippen molar-refractivity contribution in [2.45, 2.75) is 6.42 Å². The van der Waals surface area contributed by atoms with Gasteiger partial charge in [0.05, 0.1) is 11.4 Å². The molecule has 5 heteroatoms. The molecule has 4 nitrogen and oxygen atoms in total. The van der Waals surface area contributed by atoms with Crippen LogP contribution in [-0.4, -0.2) is 21.3 Å². The Hall–Kier alpha value is -1.42. The minimum atomic E-state index is -1.05. The molecule has 0 bridgehead atoms. The van der Waals surface area contributed by atoms with Crippen molar-refractivity contribution >= 4 is 17.6 Å². The number of aliphatic carboxylic acids is 1. The Morgan fingerprint density at radius 2 is 2.00 bits per heavy atom. The van der Waals surface area contributed by atoms with E-state index in [1.54, 1.807) is 0 Å².